The van der Waals surface area contributed by atoms with Gasteiger partial charge in [-0.05, 0) is 68.3 Å². The molecule has 0 radical (unpaired) electrons. The number of aromatic hydroxyl groups is 1. The van der Waals surface area contributed by atoms with E-state index in [-0.39, 0.29) is 18.8 Å². The van der Waals surface area contributed by atoms with Gasteiger partial charge in [0.05, 0.1) is 22.0 Å². The summed E-state index contributed by atoms with van der Waals surface area (Å²) < 4.78 is 8.65. The molecule has 0 aliphatic heterocycles. The van der Waals surface area contributed by atoms with E-state index in [1.165, 1.54) is 0 Å². The second kappa shape index (κ2) is 10.3. The number of phenols is 1. The van der Waals surface area contributed by atoms with Crippen LogP contribution in [0.3, 0.4) is 0 Å². The average Bonchev–Trinajstić information content (AvgIpc) is 2.46. The minimum Gasteiger partial charge on any atom is -0.507 e. The molecule has 2 aromatic rings. The molecule has 0 amide bonds. The first-order valence-corrected chi connectivity index (χ1v) is 9.40. The van der Waals surface area contributed by atoms with Gasteiger partial charge in [0.1, 0.15) is 11.5 Å². The van der Waals surface area contributed by atoms with Crippen molar-refractivity contribution in [1.82, 2.24) is 0 Å². The summed E-state index contributed by atoms with van der Waals surface area (Å²) in [4.78, 5) is 10.2. The fourth-order valence-corrected chi connectivity index (χ4v) is 3.53. The Morgan fingerprint density at radius 2 is 1.52 bits per heavy atom. The molecule has 0 saturated heterocycles. The lowest BCUT2D eigenvalue weighted by Gasteiger charge is -2.06. The molecule has 2 N–H and O–H groups in total. The van der Waals surface area contributed by atoms with Gasteiger partial charge in [-0.2, -0.15) is 0 Å². The molecule has 0 heterocycles. The van der Waals surface area contributed by atoms with Crippen LogP contribution in [-0.4, -0.2) is 22.8 Å². The molecule has 0 saturated carbocycles. The van der Waals surface area contributed by atoms with Crippen molar-refractivity contribution in [2.24, 2.45) is 0 Å². The van der Waals surface area contributed by atoms with Crippen molar-refractivity contribution in [3.63, 3.8) is 0 Å². The summed E-state index contributed by atoms with van der Waals surface area (Å²) in [6.07, 6.45) is 0.00248. The lowest BCUT2D eigenvalue weighted by atomic mass is 10.3. The minimum absolute atomic E-state index is 0.00248. The molecule has 23 heavy (non-hydrogen) atoms. The predicted octanol–water partition coefficient (Wildman–Crippen LogP) is 5.98. The maximum atomic E-state index is 10.2. The van der Waals surface area contributed by atoms with Gasteiger partial charge in [-0.1, -0.05) is 31.9 Å². The number of hydrogen-bond donors (Lipinski definition) is 2. The highest BCUT2D eigenvalue weighted by atomic mass is 79.9. The van der Waals surface area contributed by atoms with E-state index in [9.17, 15) is 4.79 Å². The molecular formula is C15H12Br4O4. The Labute approximate surface area is 167 Å². The van der Waals surface area contributed by atoms with Crippen LogP contribution in [0.5, 0.6) is 11.5 Å². The molecule has 0 aliphatic carbocycles. The van der Waals surface area contributed by atoms with Gasteiger partial charge in [-0.25, -0.2) is 0 Å². The van der Waals surface area contributed by atoms with E-state index < -0.39 is 5.97 Å². The van der Waals surface area contributed by atoms with Gasteiger partial charge < -0.3 is 14.9 Å². The van der Waals surface area contributed by atoms with E-state index in [1.54, 1.807) is 24.3 Å². The number of ether oxygens (including phenoxy) is 1. The van der Waals surface area contributed by atoms with Crippen molar-refractivity contribution in [3.8, 4) is 11.5 Å². The number of carbonyl (C=O) groups is 1. The van der Waals surface area contributed by atoms with Gasteiger partial charge in [-0.3, -0.25) is 4.79 Å². The molecule has 0 spiro atoms. The monoisotopic (exact) mass is 572 g/mol. The van der Waals surface area contributed by atoms with E-state index in [4.69, 9.17) is 14.9 Å². The standard InChI is InChI=1S/C9H8Br2O3.C6H4Br2O/c10-6-1-2-8(7(11)5-6)14-4-3-9(12)13;7-4-1-2-6(9)5(8)3-4/h1-2,5H,3-4H2,(H,12,13);1-3,9H. The van der Waals surface area contributed by atoms with Crippen LogP contribution in [0.2, 0.25) is 0 Å². The minimum atomic E-state index is -0.863. The number of rotatable bonds is 4. The van der Waals surface area contributed by atoms with Crippen LogP contribution in [0.1, 0.15) is 6.42 Å². The predicted molar refractivity (Wildman–Crippen MR) is 103 cm³/mol. The van der Waals surface area contributed by atoms with Crippen molar-refractivity contribution in [2.75, 3.05) is 6.61 Å². The zero-order chi connectivity index (χ0) is 17.4. The Morgan fingerprint density at radius 3 is 2.00 bits per heavy atom. The summed E-state index contributed by atoms with van der Waals surface area (Å²) in [7, 11) is 0. The van der Waals surface area contributed by atoms with E-state index >= 15 is 0 Å². The van der Waals surface area contributed by atoms with Crippen LogP contribution in [0.25, 0.3) is 0 Å². The largest absolute Gasteiger partial charge is 0.507 e. The summed E-state index contributed by atoms with van der Waals surface area (Å²) in [5.74, 6) is 0.0471. The fraction of sp³-hybridized carbons (Fsp3) is 0.133. The van der Waals surface area contributed by atoms with Gasteiger partial charge in [0.25, 0.3) is 0 Å². The molecule has 0 bridgehead atoms. The molecule has 2 rings (SSSR count). The van der Waals surface area contributed by atoms with Crippen LogP contribution in [-0.2, 0) is 4.79 Å². The lowest BCUT2D eigenvalue weighted by molar-refractivity contribution is -0.137. The quantitative estimate of drug-likeness (QED) is 0.471. The molecule has 2 aromatic carbocycles. The molecule has 0 aliphatic rings. The Bertz CT molecular complexity index is 677. The summed E-state index contributed by atoms with van der Waals surface area (Å²) in [6, 6.07) is 10.6. The first-order valence-electron chi connectivity index (χ1n) is 6.23. The van der Waals surface area contributed by atoms with Gasteiger partial charge >= 0.3 is 5.97 Å². The van der Waals surface area contributed by atoms with E-state index in [0.29, 0.717) is 10.2 Å². The summed E-state index contributed by atoms with van der Waals surface area (Å²) in [5, 5.41) is 17.4. The Kier molecular flexibility index (Phi) is 9.19. The van der Waals surface area contributed by atoms with E-state index in [1.807, 2.05) is 12.1 Å². The van der Waals surface area contributed by atoms with Crippen LogP contribution < -0.4 is 4.74 Å². The zero-order valence-electron chi connectivity index (χ0n) is 11.6. The number of phenolic OH excluding ortho intramolecular Hbond substituents is 1. The van der Waals surface area contributed by atoms with Gasteiger partial charge in [0, 0.05) is 8.95 Å². The molecular weight excluding hydrogens is 564 g/mol. The van der Waals surface area contributed by atoms with Crippen molar-refractivity contribution < 1.29 is 19.7 Å². The summed E-state index contributed by atoms with van der Waals surface area (Å²) in [6.45, 7) is 0.176. The Balaban J connectivity index is 0.000000253. The molecule has 0 fully saturated rings. The number of aliphatic carboxylic acids is 1. The van der Waals surface area contributed by atoms with Crippen molar-refractivity contribution in [3.05, 3.63) is 54.3 Å². The SMILES string of the molecule is O=C(O)CCOc1ccc(Br)cc1Br.Oc1ccc(Br)cc1Br. The lowest BCUT2D eigenvalue weighted by Crippen LogP contribution is -2.04. The molecule has 4 nitrogen and oxygen atoms in total. The van der Waals surface area contributed by atoms with Gasteiger partial charge in [0.15, 0.2) is 0 Å². The van der Waals surface area contributed by atoms with E-state index in [0.717, 1.165) is 13.4 Å². The average molecular weight is 576 g/mol. The fourth-order valence-electron chi connectivity index (χ4n) is 1.32. The number of carboxylic acid groups (broad SMARTS) is 1. The van der Waals surface area contributed by atoms with Crippen molar-refractivity contribution in [1.29, 1.82) is 0 Å². The molecule has 124 valence electrons. The Morgan fingerprint density at radius 1 is 0.957 bits per heavy atom. The maximum absolute atomic E-state index is 10.2. The van der Waals surface area contributed by atoms with Crippen LogP contribution in [0.4, 0.5) is 0 Å². The van der Waals surface area contributed by atoms with Crippen molar-refractivity contribution >= 4 is 69.7 Å². The number of carboxylic acids is 1. The van der Waals surface area contributed by atoms with Gasteiger partial charge in [-0.15, -0.1) is 0 Å². The summed E-state index contributed by atoms with van der Waals surface area (Å²) >= 11 is 13.0. The number of halogens is 4. The second-order valence-corrected chi connectivity index (χ2v) is 7.70. The first kappa shape index (κ1) is 20.5. The highest BCUT2D eigenvalue weighted by molar-refractivity contribution is 9.11. The Hall–Kier alpha value is -0.570. The molecule has 0 aromatic heterocycles. The van der Waals surface area contributed by atoms with Crippen LogP contribution in [0, 0.1) is 0 Å². The molecule has 8 heteroatoms. The molecule has 0 atom stereocenters. The molecule has 0 unspecified atom stereocenters. The maximum Gasteiger partial charge on any atom is 0.306 e. The van der Waals surface area contributed by atoms with E-state index in [2.05, 4.69) is 63.7 Å². The second-order valence-electron chi connectivity index (χ2n) is 4.16. The number of benzene rings is 2. The smallest absolute Gasteiger partial charge is 0.306 e. The topological polar surface area (TPSA) is 66.8 Å². The zero-order valence-corrected chi connectivity index (χ0v) is 17.9. The third-order valence-corrected chi connectivity index (χ3v) is 4.62. The van der Waals surface area contributed by atoms with Crippen LogP contribution in [0.15, 0.2) is 54.3 Å². The third kappa shape index (κ3) is 8.19. The first-order chi connectivity index (χ1) is 10.8. The highest BCUT2D eigenvalue weighted by Crippen LogP contribution is 2.28. The van der Waals surface area contributed by atoms with Crippen LogP contribution >= 0.6 is 63.7 Å². The van der Waals surface area contributed by atoms with Crippen molar-refractivity contribution in [2.45, 2.75) is 6.42 Å². The normalized spacial score (nSPS) is 9.74. The van der Waals surface area contributed by atoms with Gasteiger partial charge in [0.2, 0.25) is 0 Å². The third-order valence-electron chi connectivity index (χ3n) is 2.38. The number of hydrogen-bond acceptors (Lipinski definition) is 3. The summed E-state index contributed by atoms with van der Waals surface area (Å²) in [5.41, 5.74) is 0. The highest BCUT2D eigenvalue weighted by Gasteiger charge is 2.03.